The molecule has 0 spiro atoms. The molecule has 0 saturated carbocycles. The van der Waals surface area contributed by atoms with Crippen molar-refractivity contribution in [2.24, 2.45) is 0 Å². The number of rotatable bonds is 4. The van der Waals surface area contributed by atoms with Crippen molar-refractivity contribution in [1.82, 2.24) is 5.32 Å². The second-order valence-corrected chi connectivity index (χ2v) is 7.16. The Morgan fingerprint density at radius 3 is 2.35 bits per heavy atom. The summed E-state index contributed by atoms with van der Waals surface area (Å²) >= 11 is 6.73. The van der Waals surface area contributed by atoms with Crippen LogP contribution < -0.4 is 5.32 Å². The third-order valence-electron chi connectivity index (χ3n) is 3.74. The Hall–Kier alpha value is -1.98. The molecule has 1 aliphatic heterocycles. The third kappa shape index (κ3) is 3.51. The maximum absolute atomic E-state index is 12.4. The van der Waals surface area contributed by atoms with E-state index in [-0.39, 0.29) is 11.8 Å². The molecule has 0 unspecified atom stereocenters. The number of benzene rings is 2. The van der Waals surface area contributed by atoms with E-state index in [9.17, 15) is 4.79 Å². The van der Waals surface area contributed by atoms with Gasteiger partial charge in [-0.3, -0.25) is 4.79 Å². The number of hydrogen-bond acceptors (Lipinski definition) is 4. The summed E-state index contributed by atoms with van der Waals surface area (Å²) in [5, 5.41) is 10.7. The highest BCUT2D eigenvalue weighted by atomic mass is 32.2. The predicted octanol–water partition coefficient (Wildman–Crippen LogP) is 3.55. The molecule has 0 radical (unpaired) electrons. The Bertz CT molecular complexity index is 731. The van der Waals surface area contributed by atoms with Crippen LogP contribution in [0.25, 0.3) is 0 Å². The molecule has 2 N–H and O–H groups in total. The average Bonchev–Trinajstić information content (AvgIpc) is 2.89. The first kappa shape index (κ1) is 15.9. The van der Waals surface area contributed by atoms with E-state index < -0.39 is 5.25 Å². The van der Waals surface area contributed by atoms with Gasteiger partial charge in [0.2, 0.25) is 5.91 Å². The molecule has 0 aromatic heterocycles. The maximum Gasteiger partial charge on any atom is 0.239 e. The topological polar surface area (TPSA) is 53.0 Å². The van der Waals surface area contributed by atoms with Gasteiger partial charge in [0.05, 0.1) is 10.1 Å². The van der Waals surface area contributed by atoms with Crippen LogP contribution in [0.2, 0.25) is 0 Å². The summed E-state index contributed by atoms with van der Waals surface area (Å²) in [7, 11) is 0. The largest absolute Gasteiger partial charge is 0.351 e. The van der Waals surface area contributed by atoms with Gasteiger partial charge in [0.25, 0.3) is 0 Å². The lowest BCUT2D eigenvalue weighted by molar-refractivity contribution is -0.119. The van der Waals surface area contributed by atoms with Gasteiger partial charge >= 0.3 is 0 Å². The third-order valence-corrected chi connectivity index (χ3v) is 5.44. The Balaban J connectivity index is 1.68. The molecule has 1 amide bonds. The fraction of sp³-hybridized carbons (Fsp3) is 0.167. The first-order valence-corrected chi connectivity index (χ1v) is 8.61. The zero-order valence-corrected chi connectivity index (χ0v) is 14.0. The molecule has 1 aliphatic rings. The first-order chi connectivity index (χ1) is 11.2. The van der Waals surface area contributed by atoms with E-state index in [0.29, 0.717) is 16.5 Å². The molecule has 0 aliphatic carbocycles. The van der Waals surface area contributed by atoms with Crippen LogP contribution in [0.4, 0.5) is 0 Å². The van der Waals surface area contributed by atoms with Crippen LogP contribution in [-0.2, 0) is 11.3 Å². The molecule has 2 aromatic rings. The monoisotopic (exact) mass is 340 g/mol. The minimum Gasteiger partial charge on any atom is -0.351 e. The van der Waals surface area contributed by atoms with Gasteiger partial charge in [0, 0.05) is 12.3 Å². The zero-order chi connectivity index (χ0) is 16.2. The fourth-order valence-electron chi connectivity index (χ4n) is 2.56. The molecule has 116 valence electrons. The van der Waals surface area contributed by atoms with Crippen LogP contribution in [0.5, 0.6) is 0 Å². The number of hydrogen-bond donors (Lipinski definition) is 2. The van der Waals surface area contributed by atoms with Crippen molar-refractivity contribution in [3.05, 3.63) is 71.8 Å². The maximum atomic E-state index is 12.4. The SMILES string of the molecule is N=C1[C@@H](C(=O)NCc2ccccc2)SC(=S)[C@H]1c1ccccc1. The molecule has 0 bridgehead atoms. The fourth-order valence-corrected chi connectivity index (χ4v) is 4.20. The quantitative estimate of drug-likeness (QED) is 0.837. The highest BCUT2D eigenvalue weighted by Gasteiger charge is 2.40. The molecular weight excluding hydrogens is 324 g/mol. The average molecular weight is 340 g/mol. The summed E-state index contributed by atoms with van der Waals surface area (Å²) in [5.41, 5.74) is 2.39. The summed E-state index contributed by atoms with van der Waals surface area (Å²) < 4.78 is 0.695. The molecule has 1 heterocycles. The number of amides is 1. The van der Waals surface area contributed by atoms with Gasteiger partial charge in [-0.1, -0.05) is 84.6 Å². The highest BCUT2D eigenvalue weighted by molar-refractivity contribution is 8.25. The van der Waals surface area contributed by atoms with Gasteiger partial charge in [-0.25, -0.2) is 0 Å². The zero-order valence-electron chi connectivity index (χ0n) is 12.4. The normalized spacial score (nSPS) is 20.5. The van der Waals surface area contributed by atoms with Crippen molar-refractivity contribution in [1.29, 1.82) is 5.41 Å². The van der Waals surface area contributed by atoms with Crippen LogP contribution in [0.1, 0.15) is 17.0 Å². The minimum absolute atomic E-state index is 0.148. The van der Waals surface area contributed by atoms with Crippen LogP contribution in [0.15, 0.2) is 60.7 Å². The van der Waals surface area contributed by atoms with Crippen molar-refractivity contribution in [3.8, 4) is 0 Å². The van der Waals surface area contributed by atoms with E-state index in [1.54, 1.807) is 0 Å². The van der Waals surface area contributed by atoms with Gasteiger partial charge in [-0.05, 0) is 11.1 Å². The summed E-state index contributed by atoms with van der Waals surface area (Å²) in [6.07, 6.45) is 0. The van der Waals surface area contributed by atoms with Gasteiger partial charge in [-0.2, -0.15) is 0 Å². The van der Waals surface area contributed by atoms with Gasteiger partial charge in [-0.15, -0.1) is 0 Å². The highest BCUT2D eigenvalue weighted by Crippen LogP contribution is 2.38. The van der Waals surface area contributed by atoms with E-state index >= 15 is 0 Å². The Labute approximate surface area is 145 Å². The van der Waals surface area contributed by atoms with Crippen LogP contribution >= 0.6 is 24.0 Å². The number of thiocarbonyl (C=S) groups is 1. The molecule has 3 rings (SSSR count). The number of thioether (sulfide) groups is 1. The standard InChI is InChI=1S/C18H16N2OS2/c19-15-14(13-9-5-2-6-10-13)18(22)23-16(15)17(21)20-11-12-7-3-1-4-8-12/h1-10,14,16,19H,11H2,(H,20,21)/t14-,16-/m0/s1. The van der Waals surface area contributed by atoms with Gasteiger partial charge < -0.3 is 10.7 Å². The molecule has 3 nitrogen and oxygen atoms in total. The molecule has 5 heteroatoms. The summed E-state index contributed by atoms with van der Waals surface area (Å²) in [5.74, 6) is -0.395. The molecule has 23 heavy (non-hydrogen) atoms. The molecule has 1 fully saturated rings. The number of carbonyl (C=O) groups is 1. The second-order valence-electron chi connectivity index (χ2n) is 5.32. The number of nitrogens with one attached hydrogen (secondary N) is 2. The van der Waals surface area contributed by atoms with Crippen molar-refractivity contribution in [2.75, 3.05) is 0 Å². The summed E-state index contributed by atoms with van der Waals surface area (Å²) in [6.45, 7) is 0.465. The van der Waals surface area contributed by atoms with Crippen molar-refractivity contribution < 1.29 is 4.79 Å². The van der Waals surface area contributed by atoms with Crippen molar-refractivity contribution in [2.45, 2.75) is 17.7 Å². The lowest BCUT2D eigenvalue weighted by atomic mass is 9.94. The van der Waals surface area contributed by atoms with Crippen LogP contribution in [-0.4, -0.2) is 21.1 Å². The molecular formula is C18H16N2OS2. The van der Waals surface area contributed by atoms with E-state index in [0.717, 1.165) is 11.1 Å². The van der Waals surface area contributed by atoms with E-state index in [2.05, 4.69) is 5.32 Å². The summed E-state index contributed by atoms with van der Waals surface area (Å²) in [4.78, 5) is 12.4. The van der Waals surface area contributed by atoms with E-state index in [1.807, 2.05) is 60.7 Å². The van der Waals surface area contributed by atoms with E-state index in [4.69, 9.17) is 17.6 Å². The Morgan fingerprint density at radius 2 is 1.70 bits per heavy atom. The van der Waals surface area contributed by atoms with Crippen LogP contribution in [0, 0.1) is 5.41 Å². The van der Waals surface area contributed by atoms with Gasteiger partial charge in [0.15, 0.2) is 0 Å². The lowest BCUT2D eigenvalue weighted by Gasteiger charge is -2.13. The summed E-state index contributed by atoms with van der Waals surface area (Å²) in [6, 6.07) is 19.4. The van der Waals surface area contributed by atoms with Crippen LogP contribution in [0.3, 0.4) is 0 Å². The van der Waals surface area contributed by atoms with Crippen molar-refractivity contribution in [3.63, 3.8) is 0 Å². The lowest BCUT2D eigenvalue weighted by Crippen LogP contribution is -2.35. The molecule has 2 atom stereocenters. The Kier molecular flexibility index (Phi) is 4.88. The van der Waals surface area contributed by atoms with Crippen molar-refractivity contribution >= 4 is 39.8 Å². The first-order valence-electron chi connectivity index (χ1n) is 7.32. The predicted molar refractivity (Wildman–Crippen MR) is 99.2 cm³/mol. The molecule has 2 aromatic carbocycles. The second kappa shape index (κ2) is 7.06. The van der Waals surface area contributed by atoms with Gasteiger partial charge in [0.1, 0.15) is 5.25 Å². The molecule has 1 saturated heterocycles. The minimum atomic E-state index is -0.531. The van der Waals surface area contributed by atoms with E-state index in [1.165, 1.54) is 11.8 Å². The smallest absolute Gasteiger partial charge is 0.239 e. The Morgan fingerprint density at radius 1 is 1.09 bits per heavy atom. The number of carbonyl (C=O) groups excluding carboxylic acids is 1.